The van der Waals surface area contributed by atoms with Crippen LogP contribution in [0.1, 0.15) is 25.6 Å². The van der Waals surface area contributed by atoms with E-state index in [0.717, 1.165) is 28.4 Å². The van der Waals surface area contributed by atoms with Crippen LogP contribution in [-0.2, 0) is 6.54 Å². The molecule has 0 bridgehead atoms. The monoisotopic (exact) mass is 277 g/mol. The van der Waals surface area contributed by atoms with E-state index >= 15 is 0 Å². The lowest BCUT2D eigenvalue weighted by molar-refractivity contribution is 0.174. The van der Waals surface area contributed by atoms with Gasteiger partial charge in [0.1, 0.15) is 5.82 Å². The quantitative estimate of drug-likeness (QED) is 0.871. The van der Waals surface area contributed by atoms with E-state index < -0.39 is 0 Å². The number of hydrogen-bond acceptors (Lipinski definition) is 4. The molecular weight excluding hydrogens is 262 g/mol. The molecule has 19 heavy (non-hydrogen) atoms. The number of nitrogens with zero attached hydrogens (tertiary/aromatic N) is 2. The maximum absolute atomic E-state index is 5.68. The van der Waals surface area contributed by atoms with Gasteiger partial charge in [-0.15, -0.1) is 0 Å². The predicted molar refractivity (Wildman–Crippen MR) is 76.7 cm³/mol. The summed E-state index contributed by atoms with van der Waals surface area (Å²) >= 11 is 5.03. The number of aromatic nitrogens is 2. The first-order valence-corrected chi connectivity index (χ1v) is 6.55. The number of imidazole rings is 1. The molecule has 0 amide bonds. The predicted octanol–water partition coefficient (Wildman–Crippen LogP) is 2.17. The van der Waals surface area contributed by atoms with Crippen molar-refractivity contribution in [3.8, 4) is 11.5 Å². The van der Waals surface area contributed by atoms with Crippen LogP contribution >= 0.6 is 12.2 Å². The summed E-state index contributed by atoms with van der Waals surface area (Å²) in [5.74, 6) is 2.74. The summed E-state index contributed by atoms with van der Waals surface area (Å²) in [5.41, 5.74) is 7.54. The van der Waals surface area contributed by atoms with Crippen molar-refractivity contribution in [1.82, 2.24) is 9.55 Å². The SMILES string of the molecule is CC(C)c1nc2cc3c(cc2n1CC(N)=S)OCO3. The summed E-state index contributed by atoms with van der Waals surface area (Å²) in [5, 5.41) is 0. The molecule has 0 spiro atoms. The second kappa shape index (κ2) is 4.38. The van der Waals surface area contributed by atoms with Crippen molar-refractivity contribution >= 4 is 28.2 Å². The van der Waals surface area contributed by atoms with Gasteiger partial charge in [0.15, 0.2) is 11.5 Å². The van der Waals surface area contributed by atoms with Gasteiger partial charge in [-0.1, -0.05) is 26.1 Å². The molecule has 1 aromatic heterocycles. The highest BCUT2D eigenvalue weighted by Gasteiger charge is 2.20. The van der Waals surface area contributed by atoms with Gasteiger partial charge >= 0.3 is 0 Å². The van der Waals surface area contributed by atoms with Crippen molar-refractivity contribution in [3.63, 3.8) is 0 Å². The molecule has 3 rings (SSSR count). The molecule has 0 aliphatic carbocycles. The molecule has 1 aliphatic rings. The van der Waals surface area contributed by atoms with Crippen LogP contribution in [0.15, 0.2) is 12.1 Å². The highest BCUT2D eigenvalue weighted by atomic mass is 32.1. The average molecular weight is 277 g/mol. The molecule has 0 saturated carbocycles. The van der Waals surface area contributed by atoms with Crippen molar-refractivity contribution in [2.45, 2.75) is 26.3 Å². The summed E-state index contributed by atoms with van der Waals surface area (Å²) in [4.78, 5) is 5.10. The van der Waals surface area contributed by atoms with Gasteiger partial charge in [-0.05, 0) is 0 Å². The van der Waals surface area contributed by atoms with Crippen LogP contribution < -0.4 is 15.2 Å². The summed E-state index contributed by atoms with van der Waals surface area (Å²) in [7, 11) is 0. The smallest absolute Gasteiger partial charge is 0.231 e. The van der Waals surface area contributed by atoms with E-state index in [9.17, 15) is 0 Å². The van der Waals surface area contributed by atoms with Crippen LogP contribution in [0.4, 0.5) is 0 Å². The zero-order chi connectivity index (χ0) is 13.6. The Balaban J connectivity index is 2.23. The normalized spacial score (nSPS) is 13.4. The van der Waals surface area contributed by atoms with Crippen LogP contribution in [0, 0.1) is 0 Å². The first-order chi connectivity index (χ1) is 9.06. The van der Waals surface area contributed by atoms with Crippen LogP contribution in [0.3, 0.4) is 0 Å². The molecular formula is C13H15N3O2S. The van der Waals surface area contributed by atoms with Gasteiger partial charge in [-0.25, -0.2) is 4.98 Å². The second-order valence-electron chi connectivity index (χ2n) is 4.87. The van der Waals surface area contributed by atoms with Gasteiger partial charge < -0.3 is 19.8 Å². The Morgan fingerprint density at radius 1 is 1.42 bits per heavy atom. The number of benzene rings is 1. The molecule has 0 atom stereocenters. The third-order valence-electron chi connectivity index (χ3n) is 3.10. The molecule has 0 fully saturated rings. The fraction of sp³-hybridized carbons (Fsp3) is 0.385. The van der Waals surface area contributed by atoms with Gasteiger partial charge in [0, 0.05) is 18.1 Å². The molecule has 2 N–H and O–H groups in total. The van der Waals surface area contributed by atoms with Gasteiger partial charge in [0.05, 0.1) is 22.6 Å². The van der Waals surface area contributed by atoms with Crippen LogP contribution in [0.25, 0.3) is 11.0 Å². The van der Waals surface area contributed by atoms with E-state index in [0.29, 0.717) is 17.5 Å². The zero-order valence-electron chi connectivity index (χ0n) is 10.8. The lowest BCUT2D eigenvalue weighted by Gasteiger charge is -2.10. The van der Waals surface area contributed by atoms with E-state index in [4.69, 9.17) is 27.4 Å². The summed E-state index contributed by atoms with van der Waals surface area (Å²) in [6.07, 6.45) is 0. The van der Waals surface area contributed by atoms with Crippen LogP contribution in [0.2, 0.25) is 0 Å². The van der Waals surface area contributed by atoms with Crippen molar-refractivity contribution in [3.05, 3.63) is 18.0 Å². The van der Waals surface area contributed by atoms with Crippen molar-refractivity contribution in [2.24, 2.45) is 5.73 Å². The lowest BCUT2D eigenvalue weighted by Crippen LogP contribution is -2.18. The third kappa shape index (κ3) is 2.02. The number of thiocarbonyl (C=S) groups is 1. The lowest BCUT2D eigenvalue weighted by atomic mass is 10.2. The molecule has 2 heterocycles. The van der Waals surface area contributed by atoms with E-state index in [1.807, 2.05) is 16.7 Å². The number of hydrogen-bond donors (Lipinski definition) is 1. The highest BCUT2D eigenvalue weighted by molar-refractivity contribution is 7.80. The maximum atomic E-state index is 5.68. The number of rotatable bonds is 3. The van der Waals surface area contributed by atoms with Crippen LogP contribution in [0.5, 0.6) is 11.5 Å². The largest absolute Gasteiger partial charge is 0.454 e. The topological polar surface area (TPSA) is 62.3 Å². The standard InChI is InChI=1S/C13H15N3O2S/c1-7(2)13-15-8-3-10-11(18-6-17-10)4-9(8)16(13)5-12(14)19/h3-4,7H,5-6H2,1-2H3,(H2,14,19). The molecule has 100 valence electrons. The molecule has 5 nitrogen and oxygen atoms in total. The number of ether oxygens (including phenoxy) is 2. The highest BCUT2D eigenvalue weighted by Crippen LogP contribution is 2.36. The van der Waals surface area contributed by atoms with Gasteiger partial charge in [0.25, 0.3) is 0 Å². The molecule has 1 aromatic carbocycles. The fourth-order valence-electron chi connectivity index (χ4n) is 2.30. The minimum atomic E-state index is 0.258. The molecule has 2 aromatic rings. The first-order valence-electron chi connectivity index (χ1n) is 6.14. The number of fused-ring (bicyclic) bond motifs is 2. The Hall–Kier alpha value is -1.82. The third-order valence-corrected chi connectivity index (χ3v) is 3.23. The molecule has 1 aliphatic heterocycles. The van der Waals surface area contributed by atoms with E-state index in [-0.39, 0.29) is 6.79 Å². The minimum Gasteiger partial charge on any atom is -0.454 e. The minimum absolute atomic E-state index is 0.258. The van der Waals surface area contributed by atoms with E-state index in [2.05, 4.69) is 18.8 Å². The average Bonchev–Trinajstić information content (AvgIpc) is 2.90. The zero-order valence-corrected chi connectivity index (χ0v) is 11.7. The summed E-state index contributed by atoms with van der Waals surface area (Å²) < 4.78 is 12.8. The Labute approximate surface area is 116 Å². The van der Waals surface area contributed by atoms with E-state index in [1.165, 1.54) is 0 Å². The Morgan fingerprint density at radius 3 is 2.74 bits per heavy atom. The Morgan fingerprint density at radius 2 is 2.11 bits per heavy atom. The Kier molecular flexibility index (Phi) is 2.82. The molecule has 0 saturated heterocycles. The molecule has 6 heteroatoms. The van der Waals surface area contributed by atoms with Gasteiger partial charge in [-0.3, -0.25) is 0 Å². The summed E-state index contributed by atoms with van der Waals surface area (Å²) in [6, 6.07) is 3.84. The van der Waals surface area contributed by atoms with Crippen LogP contribution in [-0.4, -0.2) is 21.3 Å². The van der Waals surface area contributed by atoms with Crippen molar-refractivity contribution < 1.29 is 9.47 Å². The van der Waals surface area contributed by atoms with E-state index in [1.54, 1.807) is 0 Å². The summed E-state index contributed by atoms with van der Waals surface area (Å²) in [6.45, 7) is 4.93. The Bertz CT molecular complexity index is 663. The van der Waals surface area contributed by atoms with Crippen molar-refractivity contribution in [1.29, 1.82) is 0 Å². The van der Waals surface area contributed by atoms with Gasteiger partial charge in [0.2, 0.25) is 6.79 Å². The van der Waals surface area contributed by atoms with Crippen molar-refractivity contribution in [2.75, 3.05) is 6.79 Å². The number of nitrogens with two attached hydrogens (primary N) is 1. The molecule has 0 unspecified atom stereocenters. The maximum Gasteiger partial charge on any atom is 0.231 e. The molecule has 0 radical (unpaired) electrons. The second-order valence-corrected chi connectivity index (χ2v) is 5.40. The fourth-order valence-corrected chi connectivity index (χ4v) is 2.43. The van der Waals surface area contributed by atoms with Gasteiger partial charge in [-0.2, -0.15) is 0 Å². The first kappa shape index (κ1) is 12.2.